The number of hydroxylamine groups is 1. The Morgan fingerprint density at radius 3 is 2.75 bits per heavy atom. The number of benzene rings is 1. The van der Waals surface area contributed by atoms with Gasteiger partial charge in [-0.2, -0.15) is 0 Å². The van der Waals surface area contributed by atoms with Crippen molar-refractivity contribution >= 4 is 35.6 Å². The lowest BCUT2D eigenvalue weighted by molar-refractivity contribution is -0.0113. The van der Waals surface area contributed by atoms with Crippen molar-refractivity contribution in [2.24, 2.45) is 0 Å². The lowest BCUT2D eigenvalue weighted by atomic mass is 10.2. The van der Waals surface area contributed by atoms with Crippen LogP contribution in [0.15, 0.2) is 36.4 Å². The molecule has 1 aromatic carbocycles. The Kier molecular flexibility index (Phi) is 5.71. The summed E-state index contributed by atoms with van der Waals surface area (Å²) in [6.07, 6.45) is 3.68. The minimum atomic E-state index is -0.239. The Labute approximate surface area is 104 Å². The van der Waals surface area contributed by atoms with Crippen LogP contribution in [-0.4, -0.2) is 17.1 Å². The first-order valence-corrected chi connectivity index (χ1v) is 5.21. The number of hydrogen-bond donors (Lipinski definition) is 2. The average molecular weight is 260 g/mol. The summed E-state index contributed by atoms with van der Waals surface area (Å²) in [5, 5.41) is 7.14. The standard InChI is InChI=1S/C10H11Cl2N3O/c11-14-10(13)15(12)16-8-4-7-9-5-2-1-3-6-9/h1-7H,8H2,(H2,13,14). The molecular formula is C10H11Cl2N3O. The smallest absolute Gasteiger partial charge is 0.246 e. The van der Waals surface area contributed by atoms with Crippen molar-refractivity contribution < 1.29 is 4.84 Å². The molecule has 0 radical (unpaired) electrons. The van der Waals surface area contributed by atoms with Gasteiger partial charge < -0.3 is 0 Å². The molecule has 0 aliphatic carbocycles. The fourth-order valence-corrected chi connectivity index (χ4v) is 1.17. The van der Waals surface area contributed by atoms with Gasteiger partial charge in [0.15, 0.2) is 0 Å². The van der Waals surface area contributed by atoms with E-state index in [4.69, 9.17) is 33.8 Å². The number of hydrogen-bond acceptors (Lipinski definition) is 2. The second kappa shape index (κ2) is 7.11. The van der Waals surface area contributed by atoms with Crippen LogP contribution in [0.25, 0.3) is 6.08 Å². The van der Waals surface area contributed by atoms with Crippen molar-refractivity contribution in [1.82, 2.24) is 9.42 Å². The van der Waals surface area contributed by atoms with Gasteiger partial charge in [-0.1, -0.05) is 42.5 Å². The lowest BCUT2D eigenvalue weighted by Crippen LogP contribution is -2.29. The van der Waals surface area contributed by atoms with Gasteiger partial charge in [-0.05, 0) is 5.56 Å². The second-order valence-corrected chi connectivity index (χ2v) is 3.29. The lowest BCUT2D eigenvalue weighted by Gasteiger charge is -2.12. The van der Waals surface area contributed by atoms with Gasteiger partial charge in [-0.15, -0.1) is 4.58 Å². The molecule has 1 rings (SSSR count). The van der Waals surface area contributed by atoms with E-state index in [0.29, 0.717) is 0 Å². The molecular weight excluding hydrogens is 249 g/mol. The molecule has 1 aromatic rings. The van der Waals surface area contributed by atoms with Crippen LogP contribution in [0.2, 0.25) is 0 Å². The summed E-state index contributed by atoms with van der Waals surface area (Å²) in [7, 11) is 0. The zero-order chi connectivity index (χ0) is 11.8. The Morgan fingerprint density at radius 2 is 2.12 bits per heavy atom. The van der Waals surface area contributed by atoms with E-state index in [9.17, 15) is 0 Å². The highest BCUT2D eigenvalue weighted by atomic mass is 35.5. The summed E-state index contributed by atoms with van der Waals surface area (Å²) in [4.78, 5) is 6.98. The maximum Gasteiger partial charge on any atom is 0.246 e. The van der Waals surface area contributed by atoms with Crippen LogP contribution in [-0.2, 0) is 4.84 Å². The molecule has 0 aliphatic rings. The van der Waals surface area contributed by atoms with Crippen molar-refractivity contribution in [1.29, 1.82) is 5.41 Å². The minimum Gasteiger partial charge on any atom is -0.266 e. The van der Waals surface area contributed by atoms with Gasteiger partial charge in [0.1, 0.15) is 0 Å². The van der Waals surface area contributed by atoms with E-state index < -0.39 is 0 Å². The van der Waals surface area contributed by atoms with Crippen LogP contribution < -0.4 is 4.84 Å². The van der Waals surface area contributed by atoms with E-state index in [1.807, 2.05) is 41.2 Å². The Bertz CT molecular complexity index is 356. The van der Waals surface area contributed by atoms with Crippen LogP contribution in [0, 0.1) is 5.41 Å². The van der Waals surface area contributed by atoms with Crippen molar-refractivity contribution in [2.45, 2.75) is 0 Å². The molecule has 0 fully saturated rings. The van der Waals surface area contributed by atoms with E-state index in [1.54, 1.807) is 6.08 Å². The van der Waals surface area contributed by atoms with Crippen LogP contribution in [0.5, 0.6) is 0 Å². The fraction of sp³-hybridized carbons (Fsp3) is 0.100. The number of rotatable bonds is 4. The Hall–Kier alpha value is -1.23. The Balaban J connectivity index is 2.31. The van der Waals surface area contributed by atoms with Gasteiger partial charge >= 0.3 is 0 Å². The van der Waals surface area contributed by atoms with Crippen LogP contribution in [0.1, 0.15) is 5.56 Å². The van der Waals surface area contributed by atoms with Crippen LogP contribution >= 0.6 is 23.6 Å². The van der Waals surface area contributed by atoms with E-state index in [1.165, 1.54) is 0 Å². The van der Waals surface area contributed by atoms with Gasteiger partial charge in [-0.3, -0.25) is 15.1 Å². The van der Waals surface area contributed by atoms with E-state index >= 15 is 0 Å². The van der Waals surface area contributed by atoms with Gasteiger partial charge in [-0.25, -0.2) is 0 Å². The van der Waals surface area contributed by atoms with Crippen LogP contribution in [0.4, 0.5) is 0 Å². The van der Waals surface area contributed by atoms with Crippen molar-refractivity contribution in [3.63, 3.8) is 0 Å². The minimum absolute atomic E-state index is 0.239. The molecule has 0 heterocycles. The molecule has 0 spiro atoms. The molecule has 6 heteroatoms. The SMILES string of the molecule is N=C(NCl)N(Cl)OCC=Cc1ccccc1. The molecule has 0 saturated heterocycles. The Morgan fingerprint density at radius 1 is 1.44 bits per heavy atom. The third-order valence-electron chi connectivity index (χ3n) is 1.66. The van der Waals surface area contributed by atoms with Crippen LogP contribution in [0.3, 0.4) is 0 Å². The highest BCUT2D eigenvalue weighted by molar-refractivity contribution is 6.27. The fourth-order valence-electron chi connectivity index (χ4n) is 0.955. The largest absolute Gasteiger partial charge is 0.266 e. The van der Waals surface area contributed by atoms with E-state index in [2.05, 4.69) is 0 Å². The van der Waals surface area contributed by atoms with E-state index in [-0.39, 0.29) is 12.6 Å². The summed E-state index contributed by atoms with van der Waals surface area (Å²) >= 11 is 10.7. The van der Waals surface area contributed by atoms with E-state index in [0.717, 1.165) is 10.1 Å². The third kappa shape index (κ3) is 4.53. The van der Waals surface area contributed by atoms with Gasteiger partial charge in [0.25, 0.3) is 0 Å². The van der Waals surface area contributed by atoms with Crippen molar-refractivity contribution in [2.75, 3.05) is 6.61 Å². The number of guanidine groups is 1. The highest BCUT2D eigenvalue weighted by Gasteiger charge is 2.03. The van der Waals surface area contributed by atoms with Crippen molar-refractivity contribution in [3.05, 3.63) is 42.0 Å². The average Bonchev–Trinajstić information content (AvgIpc) is 2.34. The maximum absolute atomic E-state index is 7.14. The molecule has 86 valence electrons. The topological polar surface area (TPSA) is 48.4 Å². The summed E-state index contributed by atoms with van der Waals surface area (Å²) in [5.74, 6) is -0.239. The van der Waals surface area contributed by atoms with Gasteiger partial charge in [0.2, 0.25) is 5.96 Å². The third-order valence-corrected chi connectivity index (χ3v) is 2.10. The normalized spacial score (nSPS) is 10.4. The molecule has 0 aliphatic heterocycles. The second-order valence-electron chi connectivity index (χ2n) is 2.80. The summed E-state index contributed by atoms with van der Waals surface area (Å²) < 4.78 is 0.725. The van der Waals surface area contributed by atoms with Crippen molar-refractivity contribution in [3.8, 4) is 0 Å². The molecule has 0 aromatic heterocycles. The molecule has 2 N–H and O–H groups in total. The molecule has 16 heavy (non-hydrogen) atoms. The highest BCUT2D eigenvalue weighted by Crippen LogP contribution is 2.02. The monoisotopic (exact) mass is 259 g/mol. The molecule has 0 atom stereocenters. The predicted molar refractivity (Wildman–Crippen MR) is 65.8 cm³/mol. The zero-order valence-electron chi connectivity index (χ0n) is 8.36. The van der Waals surface area contributed by atoms with Gasteiger partial charge in [0.05, 0.1) is 6.61 Å². The summed E-state index contributed by atoms with van der Waals surface area (Å²) in [6, 6.07) is 9.78. The molecule has 0 bridgehead atoms. The first-order chi connectivity index (χ1) is 7.74. The quantitative estimate of drug-likeness (QED) is 0.379. The number of nitrogens with zero attached hydrogens (tertiary/aromatic N) is 1. The number of halogens is 2. The number of nitrogens with one attached hydrogen (secondary N) is 2. The molecule has 0 amide bonds. The first kappa shape index (κ1) is 12.8. The summed E-state index contributed by atoms with van der Waals surface area (Å²) in [5.41, 5.74) is 1.07. The van der Waals surface area contributed by atoms with Gasteiger partial charge in [0, 0.05) is 23.6 Å². The maximum atomic E-state index is 7.14. The zero-order valence-corrected chi connectivity index (χ0v) is 9.87. The summed E-state index contributed by atoms with van der Waals surface area (Å²) in [6.45, 7) is 0.249. The molecule has 0 saturated carbocycles. The first-order valence-electron chi connectivity index (χ1n) is 4.49. The molecule has 4 nitrogen and oxygen atoms in total. The molecule has 0 unspecified atom stereocenters. The predicted octanol–water partition coefficient (Wildman–Crippen LogP) is 2.77.